The van der Waals surface area contributed by atoms with E-state index in [9.17, 15) is 9.90 Å². The predicted octanol–water partition coefficient (Wildman–Crippen LogP) is 1.29. The van der Waals surface area contributed by atoms with Crippen LogP contribution in [0.4, 0.5) is 0 Å². The molecule has 0 aliphatic carbocycles. The molecule has 126 valence electrons. The molecule has 0 aromatic carbocycles. The number of nitrogens with one attached hydrogen (secondary N) is 1. The molecule has 2 N–H and O–H groups in total. The molecule has 0 amide bonds. The molecule has 0 saturated carbocycles. The van der Waals surface area contributed by atoms with Crippen LogP contribution >= 0.6 is 0 Å². The van der Waals surface area contributed by atoms with Crippen LogP contribution in [0.25, 0.3) is 5.65 Å². The van der Waals surface area contributed by atoms with Crippen LogP contribution in [0.5, 0.6) is 0 Å². The monoisotopic (exact) mass is 320 g/mol. The van der Waals surface area contributed by atoms with E-state index in [-0.39, 0.29) is 17.1 Å². The van der Waals surface area contributed by atoms with E-state index in [4.69, 9.17) is 4.74 Å². The maximum Gasteiger partial charge on any atom is 0.272 e. The van der Waals surface area contributed by atoms with Crippen LogP contribution in [0.2, 0.25) is 0 Å². The Bertz CT molecular complexity index is 723. The number of hydrogen-bond acceptors (Lipinski definition) is 5. The van der Waals surface area contributed by atoms with Gasteiger partial charge in [-0.05, 0) is 33.6 Å². The molecule has 23 heavy (non-hydrogen) atoms. The number of likely N-dealkylation sites (tertiary alicyclic amines) is 1. The van der Waals surface area contributed by atoms with Crippen LogP contribution in [0.1, 0.15) is 45.2 Å². The summed E-state index contributed by atoms with van der Waals surface area (Å²) in [6.45, 7) is 7.21. The Hall–Kier alpha value is -1.70. The van der Waals surface area contributed by atoms with E-state index in [1.165, 1.54) is 4.52 Å². The van der Waals surface area contributed by atoms with Crippen molar-refractivity contribution in [3.63, 3.8) is 0 Å². The van der Waals surface area contributed by atoms with Gasteiger partial charge in [-0.1, -0.05) is 0 Å². The summed E-state index contributed by atoms with van der Waals surface area (Å²) in [5.74, 6) is 0.237. The standard InChI is InChI=1S/C16H24N4O3/c1-16(2,3)23-15(22)19-8-5-11(6-9-19)12-10-14(21)20-13(18-12)4-7-17-20/h4,7,10-11,15,17,22H,5-6,8-9H2,1-3H3. The van der Waals surface area contributed by atoms with Gasteiger partial charge in [-0.2, -0.15) is 0 Å². The lowest BCUT2D eigenvalue weighted by atomic mass is 9.93. The van der Waals surface area contributed by atoms with E-state index in [2.05, 4.69) is 10.1 Å². The van der Waals surface area contributed by atoms with Gasteiger partial charge < -0.3 is 9.84 Å². The average molecular weight is 320 g/mol. The number of aromatic amines is 1. The number of aromatic nitrogens is 3. The number of fused-ring (bicyclic) bond motifs is 1. The highest BCUT2D eigenvalue weighted by Crippen LogP contribution is 2.27. The smallest absolute Gasteiger partial charge is 0.272 e. The highest BCUT2D eigenvalue weighted by molar-refractivity contribution is 5.37. The van der Waals surface area contributed by atoms with Crippen molar-refractivity contribution < 1.29 is 9.84 Å². The van der Waals surface area contributed by atoms with Gasteiger partial charge in [0.05, 0.1) is 11.3 Å². The Morgan fingerprint density at radius 3 is 2.74 bits per heavy atom. The Kier molecular flexibility index (Phi) is 4.27. The molecule has 0 spiro atoms. The quantitative estimate of drug-likeness (QED) is 0.833. The maximum absolute atomic E-state index is 12.1. The van der Waals surface area contributed by atoms with Crippen LogP contribution in [-0.2, 0) is 4.74 Å². The van der Waals surface area contributed by atoms with Gasteiger partial charge in [-0.3, -0.25) is 14.8 Å². The highest BCUT2D eigenvalue weighted by Gasteiger charge is 2.28. The molecule has 2 aromatic rings. The molecule has 1 aliphatic heterocycles. The van der Waals surface area contributed by atoms with Gasteiger partial charge in [0.15, 0.2) is 5.65 Å². The topological polar surface area (TPSA) is 82.9 Å². The second kappa shape index (κ2) is 6.07. The lowest BCUT2D eigenvalue weighted by molar-refractivity contribution is -0.242. The zero-order chi connectivity index (χ0) is 16.6. The van der Waals surface area contributed by atoms with Gasteiger partial charge in [0.2, 0.25) is 6.41 Å². The average Bonchev–Trinajstić information content (AvgIpc) is 2.94. The number of aliphatic hydroxyl groups is 1. The Labute approximate surface area is 134 Å². The van der Waals surface area contributed by atoms with Gasteiger partial charge in [0, 0.05) is 37.3 Å². The fourth-order valence-corrected chi connectivity index (χ4v) is 2.96. The van der Waals surface area contributed by atoms with Gasteiger partial charge in [0.25, 0.3) is 5.56 Å². The third-order valence-corrected chi connectivity index (χ3v) is 4.12. The minimum atomic E-state index is -0.887. The lowest BCUT2D eigenvalue weighted by Gasteiger charge is -2.37. The van der Waals surface area contributed by atoms with E-state index in [1.54, 1.807) is 18.3 Å². The van der Waals surface area contributed by atoms with Crippen molar-refractivity contribution in [1.82, 2.24) is 19.5 Å². The molecule has 1 saturated heterocycles. The van der Waals surface area contributed by atoms with E-state index < -0.39 is 6.41 Å². The largest absolute Gasteiger partial charge is 0.356 e. The number of rotatable bonds is 3. The summed E-state index contributed by atoms with van der Waals surface area (Å²) in [5.41, 5.74) is 1.01. The number of piperidine rings is 1. The molecule has 7 heteroatoms. The molecule has 0 radical (unpaired) electrons. The zero-order valence-corrected chi connectivity index (χ0v) is 13.8. The summed E-state index contributed by atoms with van der Waals surface area (Å²) >= 11 is 0. The lowest BCUT2D eigenvalue weighted by Crippen LogP contribution is -2.45. The van der Waals surface area contributed by atoms with Crippen LogP contribution in [-0.4, -0.2) is 49.7 Å². The van der Waals surface area contributed by atoms with Gasteiger partial charge in [0.1, 0.15) is 0 Å². The fraction of sp³-hybridized carbons (Fsp3) is 0.625. The number of H-pyrrole nitrogens is 1. The Morgan fingerprint density at radius 2 is 2.09 bits per heavy atom. The molecule has 1 atom stereocenters. The minimum Gasteiger partial charge on any atom is -0.356 e. The number of ether oxygens (including phenoxy) is 1. The first-order valence-electron chi connectivity index (χ1n) is 8.00. The van der Waals surface area contributed by atoms with E-state index >= 15 is 0 Å². The molecule has 3 rings (SSSR count). The highest BCUT2D eigenvalue weighted by atomic mass is 16.6. The molecule has 1 unspecified atom stereocenters. The van der Waals surface area contributed by atoms with Gasteiger partial charge in [-0.15, -0.1) is 0 Å². The number of nitrogens with zero attached hydrogens (tertiary/aromatic N) is 3. The van der Waals surface area contributed by atoms with Crippen LogP contribution in [0.15, 0.2) is 23.1 Å². The first-order chi connectivity index (χ1) is 10.8. The first-order valence-corrected chi connectivity index (χ1v) is 8.00. The third kappa shape index (κ3) is 3.63. The summed E-state index contributed by atoms with van der Waals surface area (Å²) in [6.07, 6.45) is 2.51. The van der Waals surface area contributed by atoms with Crippen LogP contribution in [0, 0.1) is 0 Å². The molecule has 7 nitrogen and oxygen atoms in total. The van der Waals surface area contributed by atoms with Crippen LogP contribution in [0.3, 0.4) is 0 Å². The van der Waals surface area contributed by atoms with Crippen molar-refractivity contribution in [3.05, 3.63) is 34.4 Å². The van der Waals surface area contributed by atoms with E-state index in [0.29, 0.717) is 5.65 Å². The first kappa shape index (κ1) is 16.2. The zero-order valence-electron chi connectivity index (χ0n) is 13.8. The summed E-state index contributed by atoms with van der Waals surface area (Å²) < 4.78 is 7.02. The SMILES string of the molecule is CC(C)(C)OC(O)N1CCC(c2cc(=O)n3[nH]ccc3n2)CC1. The van der Waals surface area contributed by atoms with Crippen LogP contribution < -0.4 is 5.56 Å². The number of hydrogen-bond donors (Lipinski definition) is 2. The summed E-state index contributed by atoms with van der Waals surface area (Å²) in [6, 6.07) is 3.40. The predicted molar refractivity (Wildman–Crippen MR) is 86.2 cm³/mol. The second-order valence-electron chi connectivity index (χ2n) is 7.04. The van der Waals surface area contributed by atoms with Gasteiger partial charge in [-0.25, -0.2) is 9.50 Å². The fourth-order valence-electron chi connectivity index (χ4n) is 2.96. The number of aliphatic hydroxyl groups excluding tert-OH is 1. The third-order valence-electron chi connectivity index (χ3n) is 4.12. The van der Waals surface area contributed by atoms with E-state index in [0.717, 1.165) is 31.6 Å². The van der Waals surface area contributed by atoms with Crippen molar-refractivity contribution in [2.45, 2.75) is 51.5 Å². The van der Waals surface area contributed by atoms with Crippen molar-refractivity contribution >= 4 is 5.65 Å². The Morgan fingerprint density at radius 1 is 1.39 bits per heavy atom. The molecule has 1 aliphatic rings. The minimum absolute atomic E-state index is 0.0893. The molecule has 1 fully saturated rings. The van der Waals surface area contributed by atoms with E-state index in [1.807, 2.05) is 25.7 Å². The van der Waals surface area contributed by atoms with Crippen molar-refractivity contribution in [2.75, 3.05) is 13.1 Å². The maximum atomic E-state index is 12.1. The van der Waals surface area contributed by atoms with Crippen molar-refractivity contribution in [2.24, 2.45) is 0 Å². The second-order valence-corrected chi connectivity index (χ2v) is 7.04. The van der Waals surface area contributed by atoms with Gasteiger partial charge >= 0.3 is 0 Å². The Balaban J connectivity index is 1.67. The molecule has 3 heterocycles. The summed E-state index contributed by atoms with van der Waals surface area (Å²) in [5, 5.41) is 13.0. The summed E-state index contributed by atoms with van der Waals surface area (Å²) in [7, 11) is 0. The molecular formula is C16H24N4O3. The summed E-state index contributed by atoms with van der Waals surface area (Å²) in [4.78, 5) is 18.5. The molecule has 2 aromatic heterocycles. The van der Waals surface area contributed by atoms with Crippen molar-refractivity contribution in [1.29, 1.82) is 0 Å². The molecule has 0 bridgehead atoms. The normalized spacial score (nSPS) is 19.3. The molecular weight excluding hydrogens is 296 g/mol. The van der Waals surface area contributed by atoms with Crippen molar-refractivity contribution in [3.8, 4) is 0 Å².